The van der Waals surface area contributed by atoms with E-state index in [-0.39, 0.29) is 11.9 Å². The van der Waals surface area contributed by atoms with Gasteiger partial charge in [-0.1, -0.05) is 0 Å². The molecule has 6 heteroatoms. The smallest absolute Gasteiger partial charge is 0.410 e. The molecule has 0 unspecified atom stereocenters. The fourth-order valence-electron chi connectivity index (χ4n) is 2.50. The standard InChI is InChI=1S/C14H21NO5/c1-13(2,3)20-12(18)15-6-4-14(5-7-15)9-10(16)8-11(17)19-14/h8,16H,4-7,9H2,1-3H3. The predicted molar refractivity (Wildman–Crippen MR) is 71.2 cm³/mol. The molecule has 2 heterocycles. The van der Waals surface area contributed by atoms with Gasteiger partial charge in [0.2, 0.25) is 0 Å². The number of carbonyl (C=O) groups excluding carboxylic acids is 2. The van der Waals surface area contributed by atoms with Crippen molar-refractivity contribution in [1.29, 1.82) is 0 Å². The summed E-state index contributed by atoms with van der Waals surface area (Å²) in [6.07, 6.45) is 2.09. The van der Waals surface area contributed by atoms with Crippen LogP contribution in [0.3, 0.4) is 0 Å². The average molecular weight is 283 g/mol. The Labute approximate surface area is 118 Å². The highest BCUT2D eigenvalue weighted by molar-refractivity contribution is 5.83. The summed E-state index contributed by atoms with van der Waals surface area (Å²) in [5, 5.41) is 9.58. The SMILES string of the molecule is CC(C)(C)OC(=O)N1CCC2(CC1)CC(O)=CC(=O)O2. The lowest BCUT2D eigenvalue weighted by atomic mass is 9.86. The Balaban J connectivity index is 1.94. The third-order valence-electron chi connectivity index (χ3n) is 3.43. The first-order valence-electron chi connectivity index (χ1n) is 6.80. The molecule has 2 aliphatic heterocycles. The number of hydrogen-bond donors (Lipinski definition) is 1. The van der Waals surface area contributed by atoms with Crippen LogP contribution >= 0.6 is 0 Å². The number of aliphatic hydroxyl groups is 1. The Kier molecular flexibility index (Phi) is 3.67. The summed E-state index contributed by atoms with van der Waals surface area (Å²) >= 11 is 0. The second kappa shape index (κ2) is 5.00. The van der Waals surface area contributed by atoms with E-state index >= 15 is 0 Å². The number of carbonyl (C=O) groups is 2. The van der Waals surface area contributed by atoms with Crippen molar-refractivity contribution in [2.75, 3.05) is 13.1 Å². The molecule has 0 aromatic heterocycles. The van der Waals surface area contributed by atoms with Gasteiger partial charge in [0.05, 0.1) is 6.08 Å². The summed E-state index contributed by atoms with van der Waals surface area (Å²) in [4.78, 5) is 24.9. The van der Waals surface area contributed by atoms with Crippen molar-refractivity contribution in [2.24, 2.45) is 0 Å². The summed E-state index contributed by atoms with van der Waals surface area (Å²) in [6, 6.07) is 0. The van der Waals surface area contributed by atoms with E-state index in [1.807, 2.05) is 20.8 Å². The first-order valence-corrected chi connectivity index (χ1v) is 6.80. The highest BCUT2D eigenvalue weighted by Gasteiger charge is 2.42. The molecular weight excluding hydrogens is 262 g/mol. The zero-order chi connectivity index (χ0) is 15.0. The maximum atomic E-state index is 11.9. The zero-order valence-electron chi connectivity index (χ0n) is 12.1. The number of esters is 1. The molecule has 0 atom stereocenters. The van der Waals surface area contributed by atoms with Crippen molar-refractivity contribution in [1.82, 2.24) is 4.90 Å². The number of hydrogen-bond acceptors (Lipinski definition) is 5. The van der Waals surface area contributed by atoms with Crippen LogP contribution in [0, 0.1) is 0 Å². The fraction of sp³-hybridized carbons (Fsp3) is 0.714. The number of likely N-dealkylation sites (tertiary alicyclic amines) is 1. The summed E-state index contributed by atoms with van der Waals surface area (Å²) in [5.74, 6) is -0.466. The molecule has 0 saturated carbocycles. The molecule has 1 amide bonds. The van der Waals surface area contributed by atoms with Gasteiger partial charge in [0, 0.05) is 32.4 Å². The molecular formula is C14H21NO5. The average Bonchev–Trinajstić information content (AvgIpc) is 2.25. The largest absolute Gasteiger partial charge is 0.512 e. The van der Waals surface area contributed by atoms with Crippen LogP contribution in [0.1, 0.15) is 40.0 Å². The molecule has 0 aromatic carbocycles. The number of nitrogens with zero attached hydrogens (tertiary/aromatic N) is 1. The summed E-state index contributed by atoms with van der Waals surface area (Å²) in [5.41, 5.74) is -1.20. The first-order chi connectivity index (χ1) is 9.19. The predicted octanol–water partition coefficient (Wildman–Crippen LogP) is 2.14. The summed E-state index contributed by atoms with van der Waals surface area (Å²) < 4.78 is 10.7. The molecule has 6 nitrogen and oxygen atoms in total. The third-order valence-corrected chi connectivity index (χ3v) is 3.43. The van der Waals surface area contributed by atoms with Gasteiger partial charge in [-0.15, -0.1) is 0 Å². The number of aliphatic hydroxyl groups excluding tert-OH is 1. The highest BCUT2D eigenvalue weighted by Crippen LogP contribution is 2.35. The van der Waals surface area contributed by atoms with Crippen LogP contribution in [0.2, 0.25) is 0 Å². The van der Waals surface area contributed by atoms with Crippen molar-refractivity contribution >= 4 is 12.1 Å². The van der Waals surface area contributed by atoms with E-state index in [1.54, 1.807) is 4.90 Å². The molecule has 1 saturated heterocycles. The monoisotopic (exact) mass is 283 g/mol. The quantitative estimate of drug-likeness (QED) is 0.689. The van der Waals surface area contributed by atoms with Crippen molar-refractivity contribution in [3.05, 3.63) is 11.8 Å². The van der Waals surface area contributed by atoms with Gasteiger partial charge in [0.25, 0.3) is 0 Å². The first kappa shape index (κ1) is 14.7. The van der Waals surface area contributed by atoms with Gasteiger partial charge in [0.1, 0.15) is 17.0 Å². The maximum Gasteiger partial charge on any atom is 0.410 e. The van der Waals surface area contributed by atoms with Crippen molar-refractivity contribution in [2.45, 2.75) is 51.2 Å². The maximum absolute atomic E-state index is 11.9. The topological polar surface area (TPSA) is 76.1 Å². The molecule has 2 aliphatic rings. The van der Waals surface area contributed by atoms with Crippen LogP contribution in [0.5, 0.6) is 0 Å². The molecule has 0 aromatic rings. The van der Waals surface area contributed by atoms with Gasteiger partial charge < -0.3 is 19.5 Å². The van der Waals surface area contributed by atoms with Crippen LogP contribution in [0.15, 0.2) is 11.8 Å². The Morgan fingerprint density at radius 1 is 1.40 bits per heavy atom. The van der Waals surface area contributed by atoms with Crippen LogP contribution in [0.25, 0.3) is 0 Å². The van der Waals surface area contributed by atoms with E-state index in [0.717, 1.165) is 6.08 Å². The number of rotatable bonds is 0. The molecule has 112 valence electrons. The fourth-order valence-corrected chi connectivity index (χ4v) is 2.50. The minimum absolute atomic E-state index is 0.0481. The minimum Gasteiger partial charge on any atom is -0.512 e. The highest BCUT2D eigenvalue weighted by atomic mass is 16.6. The lowest BCUT2D eigenvalue weighted by molar-refractivity contribution is -0.162. The van der Waals surface area contributed by atoms with E-state index in [0.29, 0.717) is 32.4 Å². The molecule has 1 N–H and O–H groups in total. The molecule has 0 bridgehead atoms. The molecule has 1 spiro atoms. The Morgan fingerprint density at radius 3 is 2.50 bits per heavy atom. The third kappa shape index (κ3) is 3.43. The number of piperidine rings is 1. The number of ether oxygens (including phenoxy) is 2. The van der Waals surface area contributed by atoms with Crippen LogP contribution in [0.4, 0.5) is 4.79 Å². The molecule has 20 heavy (non-hydrogen) atoms. The van der Waals surface area contributed by atoms with Crippen LogP contribution in [-0.2, 0) is 14.3 Å². The van der Waals surface area contributed by atoms with E-state index in [9.17, 15) is 14.7 Å². The van der Waals surface area contributed by atoms with Crippen molar-refractivity contribution in [3.63, 3.8) is 0 Å². The van der Waals surface area contributed by atoms with Gasteiger partial charge in [-0.3, -0.25) is 0 Å². The van der Waals surface area contributed by atoms with E-state index < -0.39 is 17.2 Å². The molecule has 1 fully saturated rings. The lowest BCUT2D eigenvalue weighted by Crippen LogP contribution is -2.51. The normalized spacial score (nSPS) is 22.2. The lowest BCUT2D eigenvalue weighted by Gasteiger charge is -2.42. The summed E-state index contributed by atoms with van der Waals surface area (Å²) in [7, 11) is 0. The van der Waals surface area contributed by atoms with Crippen molar-refractivity contribution < 1.29 is 24.2 Å². The Hall–Kier alpha value is -1.72. The van der Waals surface area contributed by atoms with Crippen LogP contribution in [-0.4, -0.2) is 46.4 Å². The Bertz CT molecular complexity index is 441. The van der Waals surface area contributed by atoms with E-state index in [1.165, 1.54) is 0 Å². The zero-order valence-corrected chi connectivity index (χ0v) is 12.1. The minimum atomic E-state index is -0.672. The summed E-state index contributed by atoms with van der Waals surface area (Å²) in [6.45, 7) is 6.37. The van der Waals surface area contributed by atoms with Crippen LogP contribution < -0.4 is 0 Å². The molecule has 2 rings (SSSR count). The van der Waals surface area contributed by atoms with Gasteiger partial charge in [-0.25, -0.2) is 9.59 Å². The molecule has 0 aliphatic carbocycles. The second-order valence-electron chi connectivity index (χ2n) is 6.38. The van der Waals surface area contributed by atoms with Crippen molar-refractivity contribution in [3.8, 4) is 0 Å². The second-order valence-corrected chi connectivity index (χ2v) is 6.38. The van der Waals surface area contributed by atoms with E-state index in [2.05, 4.69) is 0 Å². The molecule has 0 radical (unpaired) electrons. The number of amides is 1. The Morgan fingerprint density at radius 2 is 2.00 bits per heavy atom. The van der Waals surface area contributed by atoms with E-state index in [4.69, 9.17) is 9.47 Å². The van der Waals surface area contributed by atoms with Gasteiger partial charge in [-0.05, 0) is 20.8 Å². The van der Waals surface area contributed by atoms with Gasteiger partial charge in [0.15, 0.2) is 0 Å². The van der Waals surface area contributed by atoms with Gasteiger partial charge in [-0.2, -0.15) is 0 Å². The van der Waals surface area contributed by atoms with Gasteiger partial charge >= 0.3 is 12.1 Å².